The van der Waals surface area contributed by atoms with E-state index in [4.69, 9.17) is 14.5 Å². The Bertz CT molecular complexity index is 1130. The maximum Gasteiger partial charge on any atom is 0.203 e. The van der Waals surface area contributed by atoms with Gasteiger partial charge in [-0.15, -0.1) is 0 Å². The predicted molar refractivity (Wildman–Crippen MR) is 105 cm³/mol. The van der Waals surface area contributed by atoms with Gasteiger partial charge in [0.2, 0.25) is 5.36 Å². The normalized spacial score (nSPS) is 10.9. The van der Waals surface area contributed by atoms with Crippen LogP contribution in [0.15, 0.2) is 52.9 Å². The van der Waals surface area contributed by atoms with Gasteiger partial charge in [-0.3, -0.25) is 0 Å². The average Bonchev–Trinajstić information content (AvgIpc) is 2.66. The van der Waals surface area contributed by atoms with Gasteiger partial charge in [-0.05, 0) is 12.5 Å². The first-order valence-corrected chi connectivity index (χ1v) is 8.79. The summed E-state index contributed by atoms with van der Waals surface area (Å²) >= 11 is 0. The van der Waals surface area contributed by atoms with Gasteiger partial charge in [-0.1, -0.05) is 24.3 Å². The lowest BCUT2D eigenvalue weighted by Crippen LogP contribution is -3.00. The van der Waals surface area contributed by atoms with Crippen molar-refractivity contribution in [2.45, 2.75) is 6.42 Å². The molecule has 0 saturated heterocycles. The molecule has 0 bridgehead atoms. The third-order valence-electron chi connectivity index (χ3n) is 4.54. The van der Waals surface area contributed by atoms with Gasteiger partial charge in [-0.2, -0.15) is 0 Å². The molecular weight excluding hydrogens is 362 g/mol. The molecule has 0 unspecified atom stereocenters. The largest absolute Gasteiger partial charge is 1.00 e. The minimum Gasteiger partial charge on any atom is -1.00 e. The summed E-state index contributed by atoms with van der Waals surface area (Å²) in [5.74, 6) is 0.764. The molecule has 2 N–H and O–H groups in total. The Morgan fingerprint density at radius 3 is 2.59 bits per heavy atom. The van der Waals surface area contributed by atoms with Gasteiger partial charge in [0.1, 0.15) is 25.3 Å². The number of aliphatic hydroxyl groups excluding tert-OH is 1. The van der Waals surface area contributed by atoms with Gasteiger partial charge in [0.15, 0.2) is 11.3 Å². The minimum atomic E-state index is 0. The summed E-state index contributed by atoms with van der Waals surface area (Å²) in [5.41, 5.74) is 3.45. The molecule has 0 saturated carbocycles. The van der Waals surface area contributed by atoms with Gasteiger partial charge < -0.3 is 27.2 Å². The number of hydrogen-bond donors (Lipinski definition) is 2. The number of nitrogens with zero attached hydrogens (tertiary/aromatic N) is 2. The molecule has 0 fully saturated rings. The van der Waals surface area contributed by atoms with Crippen molar-refractivity contribution >= 4 is 27.6 Å². The molecular formula is C21H22ClN3O2. The maximum atomic E-state index is 9.05. The van der Waals surface area contributed by atoms with Crippen LogP contribution in [-0.4, -0.2) is 37.3 Å². The Balaban J connectivity index is 0.00000210. The first-order chi connectivity index (χ1) is 12.7. The summed E-state index contributed by atoms with van der Waals surface area (Å²) in [6, 6.07) is 16.2. The lowest BCUT2D eigenvalue weighted by Gasteiger charge is -2.13. The van der Waals surface area contributed by atoms with E-state index in [-0.39, 0.29) is 19.0 Å². The van der Waals surface area contributed by atoms with Crippen molar-refractivity contribution in [3.8, 4) is 11.5 Å². The third-order valence-corrected chi connectivity index (χ3v) is 4.54. The van der Waals surface area contributed by atoms with E-state index in [0.717, 1.165) is 44.4 Å². The zero-order valence-electron chi connectivity index (χ0n) is 15.4. The second-order valence-corrected chi connectivity index (χ2v) is 6.58. The zero-order chi connectivity index (χ0) is 18.1. The summed E-state index contributed by atoms with van der Waals surface area (Å²) in [6.45, 7) is 0.875. The van der Waals surface area contributed by atoms with Crippen LogP contribution in [0.4, 0.5) is 5.69 Å². The van der Waals surface area contributed by atoms with Crippen LogP contribution in [0, 0.1) is 0 Å². The fraction of sp³-hybridized carbons (Fsp3) is 0.238. The van der Waals surface area contributed by atoms with Gasteiger partial charge in [0, 0.05) is 41.7 Å². The van der Waals surface area contributed by atoms with E-state index < -0.39 is 0 Å². The van der Waals surface area contributed by atoms with E-state index in [1.807, 2.05) is 55.1 Å². The number of fused-ring (bicyclic) bond motifs is 4. The van der Waals surface area contributed by atoms with Crippen LogP contribution in [0.25, 0.3) is 33.3 Å². The molecule has 27 heavy (non-hydrogen) atoms. The highest BCUT2D eigenvalue weighted by Gasteiger charge is 2.14. The van der Waals surface area contributed by atoms with Crippen LogP contribution < -0.4 is 27.7 Å². The molecule has 0 aromatic heterocycles. The fourth-order valence-electron chi connectivity index (χ4n) is 3.17. The standard InChI is InChI=1S/C21H21N3O2.ClH/c1-24(2)14-8-9-17-19(12-14)26-20-13-18(22-10-5-11-25)15-6-3-4-7-16(15)21(20)23-17;/h3-4,6-9,12-13,25H,5,10-11H2,1-2H3;1H. The lowest BCUT2D eigenvalue weighted by atomic mass is 10.1. The zero-order valence-corrected chi connectivity index (χ0v) is 16.1. The number of aromatic nitrogens is 1. The monoisotopic (exact) mass is 383 g/mol. The summed E-state index contributed by atoms with van der Waals surface area (Å²) in [5, 5.41) is 15.7. The van der Waals surface area contributed by atoms with Crippen LogP contribution in [-0.2, 0) is 0 Å². The summed E-state index contributed by atoms with van der Waals surface area (Å²) < 4.78 is 8.26. The quantitative estimate of drug-likeness (QED) is 0.224. The van der Waals surface area contributed by atoms with E-state index >= 15 is 0 Å². The molecule has 1 heterocycles. The molecule has 2 aromatic rings. The van der Waals surface area contributed by atoms with E-state index in [2.05, 4.69) is 17.4 Å². The number of halogens is 1. The molecule has 1 aliphatic heterocycles. The summed E-state index contributed by atoms with van der Waals surface area (Å²) in [7, 11) is 4.01. The van der Waals surface area contributed by atoms with Gasteiger partial charge in [0.05, 0.1) is 6.07 Å². The van der Waals surface area contributed by atoms with Crippen LogP contribution in [0.2, 0.25) is 0 Å². The Hall–Kier alpha value is -2.63. The number of hydrogen-bond acceptors (Lipinski definition) is 4. The van der Waals surface area contributed by atoms with Crippen molar-refractivity contribution < 1.29 is 21.9 Å². The molecule has 4 rings (SSSR count). The van der Waals surface area contributed by atoms with Gasteiger partial charge in [-0.25, -0.2) is 9.56 Å². The SMILES string of the molecule is C[N+](C)=c1ccc2nc3c(cc(NCCCO)c4ccccc43)oc-2c1.[Cl-]. The van der Waals surface area contributed by atoms with Crippen molar-refractivity contribution in [1.82, 2.24) is 9.56 Å². The maximum absolute atomic E-state index is 9.05. The molecule has 0 amide bonds. The molecule has 6 heteroatoms. The first kappa shape index (κ1) is 19.1. The second-order valence-electron chi connectivity index (χ2n) is 6.58. The third kappa shape index (κ3) is 3.61. The smallest absolute Gasteiger partial charge is 0.203 e. The summed E-state index contributed by atoms with van der Waals surface area (Å²) in [4.78, 5) is 4.86. The molecule has 140 valence electrons. The molecule has 1 aliphatic carbocycles. The van der Waals surface area contributed by atoms with Crippen molar-refractivity contribution in [3.63, 3.8) is 0 Å². The number of anilines is 1. The van der Waals surface area contributed by atoms with E-state index in [0.29, 0.717) is 13.0 Å². The van der Waals surface area contributed by atoms with Crippen LogP contribution in [0.5, 0.6) is 0 Å². The van der Waals surface area contributed by atoms with Crippen LogP contribution >= 0.6 is 0 Å². The van der Waals surface area contributed by atoms with E-state index in [1.165, 1.54) is 0 Å². The average molecular weight is 384 g/mol. The molecule has 5 nitrogen and oxygen atoms in total. The van der Waals surface area contributed by atoms with Crippen molar-refractivity contribution in [1.29, 1.82) is 0 Å². The lowest BCUT2D eigenvalue weighted by molar-refractivity contribution is -0.00000685. The summed E-state index contributed by atoms with van der Waals surface area (Å²) in [6.07, 6.45) is 0.700. The van der Waals surface area contributed by atoms with Gasteiger partial charge in [0.25, 0.3) is 0 Å². The van der Waals surface area contributed by atoms with Crippen molar-refractivity contribution in [2.24, 2.45) is 0 Å². The Kier molecular flexibility index (Phi) is 5.63. The number of rotatable bonds is 4. The van der Waals surface area contributed by atoms with E-state index in [1.54, 1.807) is 0 Å². The minimum absolute atomic E-state index is 0. The molecule has 0 spiro atoms. The van der Waals surface area contributed by atoms with Crippen molar-refractivity contribution in [3.05, 3.63) is 53.9 Å². The Morgan fingerprint density at radius 2 is 1.85 bits per heavy atom. The van der Waals surface area contributed by atoms with Gasteiger partial charge >= 0.3 is 0 Å². The predicted octanol–water partition coefficient (Wildman–Crippen LogP) is -0.0841. The highest BCUT2D eigenvalue weighted by atomic mass is 35.5. The number of aliphatic hydroxyl groups is 1. The van der Waals surface area contributed by atoms with Crippen LogP contribution in [0.3, 0.4) is 0 Å². The molecule has 2 aliphatic rings. The fourth-order valence-corrected chi connectivity index (χ4v) is 3.17. The Labute approximate surface area is 163 Å². The number of benzene rings is 3. The topological polar surface area (TPSA) is 61.3 Å². The number of nitrogens with one attached hydrogen (secondary N) is 1. The van der Waals surface area contributed by atoms with E-state index in [9.17, 15) is 0 Å². The highest BCUT2D eigenvalue weighted by Crippen LogP contribution is 2.33. The molecule has 2 aromatic carbocycles. The second kappa shape index (κ2) is 7.94. The molecule has 0 radical (unpaired) electrons. The van der Waals surface area contributed by atoms with Crippen molar-refractivity contribution in [2.75, 3.05) is 32.6 Å². The Morgan fingerprint density at radius 1 is 1.07 bits per heavy atom. The first-order valence-electron chi connectivity index (χ1n) is 8.79. The molecule has 0 atom stereocenters. The van der Waals surface area contributed by atoms with Crippen LogP contribution in [0.1, 0.15) is 6.42 Å². The highest BCUT2D eigenvalue weighted by molar-refractivity contribution is 6.10.